The highest BCUT2D eigenvalue weighted by Crippen LogP contribution is 2.47. The molecule has 2 saturated heterocycles. The number of nitrogens with zero attached hydrogens (tertiary/aromatic N) is 1. The second-order valence-electron chi connectivity index (χ2n) is 5.60. The van der Waals surface area contributed by atoms with Crippen molar-refractivity contribution in [1.29, 1.82) is 0 Å². The van der Waals surface area contributed by atoms with Gasteiger partial charge in [0.1, 0.15) is 0 Å². The first-order valence-corrected chi connectivity index (χ1v) is 7.90. The van der Waals surface area contributed by atoms with Crippen molar-refractivity contribution in [1.82, 2.24) is 4.98 Å². The van der Waals surface area contributed by atoms with Crippen molar-refractivity contribution in [3.05, 3.63) is 29.6 Å². The Hall–Kier alpha value is -0.940. The van der Waals surface area contributed by atoms with Crippen LogP contribution in [0.2, 0.25) is 0 Å². The van der Waals surface area contributed by atoms with Crippen molar-refractivity contribution >= 4 is 9.84 Å². The maximum absolute atomic E-state index is 12.0. The molecule has 0 spiro atoms. The first-order chi connectivity index (χ1) is 8.42. The molecular weight excluding hydrogens is 250 g/mol. The quantitative estimate of drug-likeness (QED) is 0.833. The predicted molar refractivity (Wildman–Crippen MR) is 67.8 cm³/mol. The van der Waals surface area contributed by atoms with E-state index in [9.17, 15) is 13.5 Å². The number of aryl methyl sites for hydroxylation is 1. The summed E-state index contributed by atoms with van der Waals surface area (Å²) in [4.78, 5) is 4.10. The number of pyridine rings is 1. The average Bonchev–Trinajstić information content (AvgIpc) is 2.51. The standard InChI is InChI=1S/C13H17NO3S/c1-9-4-10(8-14-7-9)13(15)5-11-2-3-12(6-13)18(11,16)17/h4,7-8,11-12,15H,2-3,5-6H2,1H3. The van der Waals surface area contributed by atoms with Crippen molar-refractivity contribution in [2.45, 2.75) is 48.7 Å². The molecule has 2 bridgehead atoms. The number of rotatable bonds is 1. The van der Waals surface area contributed by atoms with Crippen molar-refractivity contribution in [2.24, 2.45) is 0 Å². The third kappa shape index (κ3) is 1.68. The molecule has 4 nitrogen and oxygen atoms in total. The van der Waals surface area contributed by atoms with Gasteiger partial charge in [-0.25, -0.2) is 8.42 Å². The van der Waals surface area contributed by atoms with E-state index < -0.39 is 15.4 Å². The first kappa shape index (κ1) is 12.1. The van der Waals surface area contributed by atoms with Crippen molar-refractivity contribution < 1.29 is 13.5 Å². The van der Waals surface area contributed by atoms with Gasteiger partial charge in [0.05, 0.1) is 16.1 Å². The maximum Gasteiger partial charge on any atom is 0.156 e. The Labute approximate surface area is 107 Å². The number of sulfone groups is 1. The third-order valence-corrected chi connectivity index (χ3v) is 6.95. The molecule has 2 unspecified atom stereocenters. The molecule has 1 aromatic heterocycles. The molecule has 5 heteroatoms. The van der Waals surface area contributed by atoms with Gasteiger partial charge in [0.2, 0.25) is 0 Å². The normalized spacial score (nSPS) is 37.7. The molecule has 98 valence electrons. The van der Waals surface area contributed by atoms with Crippen molar-refractivity contribution in [3.8, 4) is 0 Å². The second kappa shape index (κ2) is 3.78. The van der Waals surface area contributed by atoms with E-state index in [-0.39, 0.29) is 10.5 Å². The highest BCUT2D eigenvalue weighted by molar-refractivity contribution is 7.93. The third-order valence-electron chi connectivity index (χ3n) is 4.28. The van der Waals surface area contributed by atoms with Gasteiger partial charge in [-0.15, -0.1) is 0 Å². The zero-order valence-electron chi connectivity index (χ0n) is 10.3. The molecule has 3 rings (SSSR count). The molecular formula is C13H17NO3S. The SMILES string of the molecule is Cc1cncc(C2(O)CC3CCC(C2)S3(=O)=O)c1. The van der Waals surface area contributed by atoms with Crippen LogP contribution in [0.3, 0.4) is 0 Å². The largest absolute Gasteiger partial charge is 0.385 e. The summed E-state index contributed by atoms with van der Waals surface area (Å²) in [5.74, 6) is 0. The molecule has 0 aromatic carbocycles. The molecule has 2 atom stereocenters. The summed E-state index contributed by atoms with van der Waals surface area (Å²) in [7, 11) is -3.00. The molecule has 0 radical (unpaired) electrons. The molecule has 2 aliphatic heterocycles. The molecule has 18 heavy (non-hydrogen) atoms. The van der Waals surface area contributed by atoms with Crippen LogP contribution in [-0.2, 0) is 15.4 Å². The van der Waals surface area contributed by atoms with E-state index >= 15 is 0 Å². The van der Waals surface area contributed by atoms with Crippen molar-refractivity contribution in [2.75, 3.05) is 0 Å². The van der Waals surface area contributed by atoms with Crippen molar-refractivity contribution in [3.63, 3.8) is 0 Å². The van der Waals surface area contributed by atoms with E-state index in [2.05, 4.69) is 4.98 Å². The minimum Gasteiger partial charge on any atom is -0.385 e. The topological polar surface area (TPSA) is 67.3 Å². The van der Waals surface area contributed by atoms with E-state index in [1.54, 1.807) is 12.4 Å². The summed E-state index contributed by atoms with van der Waals surface area (Å²) < 4.78 is 24.1. The highest BCUT2D eigenvalue weighted by atomic mass is 32.2. The number of fused-ring (bicyclic) bond motifs is 2. The number of aliphatic hydroxyl groups is 1. The van der Waals surface area contributed by atoms with Gasteiger partial charge in [-0.3, -0.25) is 4.98 Å². The fourth-order valence-electron chi connectivity index (χ4n) is 3.29. The van der Waals surface area contributed by atoms with E-state index in [1.807, 2.05) is 13.0 Å². The van der Waals surface area contributed by atoms with E-state index in [4.69, 9.17) is 0 Å². The van der Waals surface area contributed by atoms with Crippen LogP contribution in [-0.4, -0.2) is 29.0 Å². The van der Waals surface area contributed by atoms with Crippen LogP contribution in [0.5, 0.6) is 0 Å². The van der Waals surface area contributed by atoms with Crippen LogP contribution in [0.1, 0.15) is 36.8 Å². The van der Waals surface area contributed by atoms with Crippen LogP contribution in [0.15, 0.2) is 18.5 Å². The van der Waals surface area contributed by atoms with Crippen LogP contribution >= 0.6 is 0 Å². The smallest absolute Gasteiger partial charge is 0.156 e. The lowest BCUT2D eigenvalue weighted by Gasteiger charge is -2.36. The summed E-state index contributed by atoms with van der Waals surface area (Å²) in [5, 5.41) is 10.0. The zero-order chi connectivity index (χ0) is 13.0. The van der Waals surface area contributed by atoms with Gasteiger partial charge < -0.3 is 5.11 Å². The van der Waals surface area contributed by atoms with Crippen LogP contribution in [0.4, 0.5) is 0 Å². The summed E-state index contributed by atoms with van der Waals surface area (Å²) in [5.41, 5.74) is 0.729. The summed E-state index contributed by atoms with van der Waals surface area (Å²) in [6.07, 6.45) is 5.41. The lowest BCUT2D eigenvalue weighted by atomic mass is 9.86. The minimum absolute atomic E-state index is 0.316. The summed E-state index contributed by atoms with van der Waals surface area (Å²) >= 11 is 0. The second-order valence-corrected chi connectivity index (χ2v) is 8.11. The Morgan fingerprint density at radius 1 is 1.28 bits per heavy atom. The minimum atomic E-state index is -3.00. The monoisotopic (exact) mass is 267 g/mol. The van der Waals surface area contributed by atoms with Gasteiger partial charge in [0.25, 0.3) is 0 Å². The van der Waals surface area contributed by atoms with E-state index in [1.165, 1.54) is 0 Å². The Bertz CT molecular complexity index is 562. The average molecular weight is 267 g/mol. The van der Waals surface area contributed by atoms with Crippen LogP contribution < -0.4 is 0 Å². The molecule has 0 aliphatic carbocycles. The number of aromatic nitrogens is 1. The molecule has 0 amide bonds. The highest BCUT2D eigenvalue weighted by Gasteiger charge is 2.53. The zero-order valence-corrected chi connectivity index (χ0v) is 11.2. The molecule has 0 saturated carbocycles. The number of hydrogen-bond acceptors (Lipinski definition) is 4. The van der Waals surface area contributed by atoms with Gasteiger partial charge in [0, 0.05) is 18.0 Å². The first-order valence-electron chi connectivity index (χ1n) is 6.29. The Morgan fingerprint density at radius 3 is 2.44 bits per heavy atom. The molecule has 1 aromatic rings. The van der Waals surface area contributed by atoms with Crippen LogP contribution in [0.25, 0.3) is 0 Å². The Kier molecular flexibility index (Phi) is 2.54. The fraction of sp³-hybridized carbons (Fsp3) is 0.615. The van der Waals surface area contributed by atoms with Crippen LogP contribution in [0, 0.1) is 6.92 Å². The Morgan fingerprint density at radius 2 is 1.89 bits per heavy atom. The lowest BCUT2D eigenvalue weighted by Crippen LogP contribution is -2.43. The molecule has 1 N–H and O–H groups in total. The molecule has 3 heterocycles. The van der Waals surface area contributed by atoms with Gasteiger partial charge in [-0.1, -0.05) is 6.07 Å². The molecule has 2 aliphatic rings. The van der Waals surface area contributed by atoms with Gasteiger partial charge >= 0.3 is 0 Å². The maximum atomic E-state index is 12.0. The Balaban J connectivity index is 2.00. The lowest BCUT2D eigenvalue weighted by molar-refractivity contribution is 0.0169. The van der Waals surface area contributed by atoms with E-state index in [0.29, 0.717) is 25.7 Å². The van der Waals surface area contributed by atoms with Gasteiger partial charge in [-0.2, -0.15) is 0 Å². The van der Waals surface area contributed by atoms with Gasteiger partial charge in [0.15, 0.2) is 9.84 Å². The summed E-state index contributed by atoms with van der Waals surface area (Å²) in [6.45, 7) is 1.92. The number of hydrogen-bond donors (Lipinski definition) is 1. The summed E-state index contributed by atoms with van der Waals surface area (Å²) in [6, 6.07) is 1.91. The molecule has 2 fully saturated rings. The van der Waals surface area contributed by atoms with Gasteiger partial charge in [-0.05, 0) is 38.2 Å². The predicted octanol–water partition coefficient (Wildman–Crippen LogP) is 1.32. The fourth-order valence-corrected chi connectivity index (χ4v) is 5.78. The van der Waals surface area contributed by atoms with E-state index in [0.717, 1.165) is 11.1 Å².